The number of rotatable bonds is 0. The van der Waals surface area contributed by atoms with Crippen LogP contribution < -0.4 is 0 Å². The molecule has 3 unspecified atom stereocenters. The molecule has 0 aromatic rings. The van der Waals surface area contributed by atoms with Crippen molar-refractivity contribution < 1.29 is 4.21 Å². The maximum atomic E-state index is 11.2. The molecule has 0 bridgehead atoms. The normalized spacial score (nSPS) is 43.1. The van der Waals surface area contributed by atoms with Crippen LogP contribution in [0.3, 0.4) is 0 Å². The Morgan fingerprint density at radius 1 is 1.56 bits per heavy atom. The SMILES string of the molecule is CC1C=CCC(C)S1=O. The molecular weight excluding hydrogens is 132 g/mol. The first-order valence-corrected chi connectivity index (χ1v) is 4.55. The lowest BCUT2D eigenvalue weighted by Crippen LogP contribution is -2.22. The van der Waals surface area contributed by atoms with Crippen LogP contribution in [0.5, 0.6) is 0 Å². The summed E-state index contributed by atoms with van der Waals surface area (Å²) < 4.78 is 11.2. The van der Waals surface area contributed by atoms with Crippen molar-refractivity contribution in [1.82, 2.24) is 0 Å². The molecule has 1 aliphatic heterocycles. The van der Waals surface area contributed by atoms with Crippen molar-refractivity contribution in [3.63, 3.8) is 0 Å². The Morgan fingerprint density at radius 2 is 2.22 bits per heavy atom. The van der Waals surface area contributed by atoms with Crippen LogP contribution in [-0.4, -0.2) is 14.7 Å². The molecule has 0 aromatic carbocycles. The van der Waals surface area contributed by atoms with E-state index >= 15 is 0 Å². The van der Waals surface area contributed by atoms with Crippen molar-refractivity contribution in [3.8, 4) is 0 Å². The zero-order valence-corrected chi connectivity index (χ0v) is 6.65. The number of allylic oxidation sites excluding steroid dienone is 1. The first kappa shape index (κ1) is 7.00. The molecule has 1 heterocycles. The standard InChI is InChI=1S/C7H12OS/c1-6-4-3-5-7(2)9(6)8/h3-4,6-7H,5H2,1-2H3. The monoisotopic (exact) mass is 144 g/mol. The van der Waals surface area contributed by atoms with E-state index in [1.165, 1.54) is 0 Å². The highest BCUT2D eigenvalue weighted by Gasteiger charge is 2.17. The molecule has 0 N–H and O–H groups in total. The second-order valence-corrected chi connectivity index (χ2v) is 4.71. The summed E-state index contributed by atoms with van der Waals surface area (Å²) in [7, 11) is -0.617. The van der Waals surface area contributed by atoms with Crippen molar-refractivity contribution in [1.29, 1.82) is 0 Å². The smallest absolute Gasteiger partial charge is 0.0502 e. The van der Waals surface area contributed by atoms with Gasteiger partial charge in [0.05, 0.1) is 5.25 Å². The van der Waals surface area contributed by atoms with Crippen molar-refractivity contribution in [3.05, 3.63) is 12.2 Å². The third kappa shape index (κ3) is 1.42. The highest BCUT2D eigenvalue weighted by Crippen LogP contribution is 2.14. The molecule has 0 fully saturated rings. The van der Waals surface area contributed by atoms with E-state index in [2.05, 4.69) is 6.08 Å². The Balaban J connectivity index is 2.69. The fourth-order valence-electron chi connectivity index (χ4n) is 1.00. The zero-order valence-electron chi connectivity index (χ0n) is 5.83. The predicted octanol–water partition coefficient (Wildman–Crippen LogP) is 1.47. The third-order valence-corrected chi connectivity index (χ3v) is 3.51. The van der Waals surface area contributed by atoms with E-state index in [1.54, 1.807) is 0 Å². The minimum absolute atomic E-state index is 0.272. The lowest BCUT2D eigenvalue weighted by atomic mass is 10.3. The Hall–Kier alpha value is -0.110. The number of hydrogen-bond donors (Lipinski definition) is 0. The molecule has 52 valence electrons. The summed E-state index contributed by atoms with van der Waals surface area (Å²) >= 11 is 0. The highest BCUT2D eigenvalue weighted by atomic mass is 32.2. The molecule has 9 heavy (non-hydrogen) atoms. The summed E-state index contributed by atoms with van der Waals surface area (Å²) in [4.78, 5) is 0. The lowest BCUT2D eigenvalue weighted by Gasteiger charge is -2.17. The Kier molecular flexibility index (Phi) is 2.06. The summed E-state index contributed by atoms with van der Waals surface area (Å²) in [6.45, 7) is 4.04. The van der Waals surface area contributed by atoms with E-state index in [4.69, 9.17) is 0 Å². The first-order valence-electron chi connectivity index (χ1n) is 3.28. The molecule has 0 radical (unpaired) electrons. The maximum Gasteiger partial charge on any atom is 0.0502 e. The molecule has 1 rings (SSSR count). The van der Waals surface area contributed by atoms with Crippen LogP contribution in [0, 0.1) is 0 Å². The van der Waals surface area contributed by atoms with Gasteiger partial charge >= 0.3 is 0 Å². The summed E-state index contributed by atoms with van der Waals surface area (Å²) in [5.74, 6) is 0. The summed E-state index contributed by atoms with van der Waals surface area (Å²) in [5, 5.41) is 0.638. The van der Waals surface area contributed by atoms with Gasteiger partial charge in [-0.05, 0) is 13.3 Å². The van der Waals surface area contributed by atoms with E-state index in [0.717, 1.165) is 6.42 Å². The molecule has 0 amide bonds. The van der Waals surface area contributed by atoms with E-state index in [9.17, 15) is 4.21 Å². The van der Waals surface area contributed by atoms with Gasteiger partial charge in [0.15, 0.2) is 0 Å². The van der Waals surface area contributed by atoms with Gasteiger partial charge in [-0.25, -0.2) is 0 Å². The molecule has 0 saturated carbocycles. The minimum atomic E-state index is -0.617. The van der Waals surface area contributed by atoms with Crippen molar-refractivity contribution in [2.24, 2.45) is 0 Å². The topological polar surface area (TPSA) is 17.1 Å². The van der Waals surface area contributed by atoms with Gasteiger partial charge in [-0.1, -0.05) is 19.1 Å². The molecule has 0 aliphatic carbocycles. The molecule has 3 atom stereocenters. The van der Waals surface area contributed by atoms with Crippen LogP contribution in [0.15, 0.2) is 12.2 Å². The van der Waals surface area contributed by atoms with Crippen LogP contribution in [0.2, 0.25) is 0 Å². The largest absolute Gasteiger partial charge is 0.259 e. The third-order valence-electron chi connectivity index (χ3n) is 1.64. The van der Waals surface area contributed by atoms with Crippen molar-refractivity contribution in [2.45, 2.75) is 30.8 Å². The van der Waals surface area contributed by atoms with Gasteiger partial charge in [0, 0.05) is 16.0 Å². The summed E-state index contributed by atoms with van der Waals surface area (Å²) in [5.41, 5.74) is 0. The second-order valence-electron chi connectivity index (χ2n) is 2.51. The molecule has 2 heteroatoms. The first-order chi connectivity index (χ1) is 4.22. The summed E-state index contributed by atoms with van der Waals surface area (Å²) in [6, 6.07) is 0. The zero-order chi connectivity index (χ0) is 6.85. The predicted molar refractivity (Wildman–Crippen MR) is 40.8 cm³/mol. The Labute approximate surface area is 58.6 Å². The average Bonchev–Trinajstić information content (AvgIpc) is 1.83. The molecular formula is C7H12OS. The maximum absolute atomic E-state index is 11.2. The molecule has 1 nitrogen and oxygen atoms in total. The van der Waals surface area contributed by atoms with Crippen LogP contribution in [0.25, 0.3) is 0 Å². The van der Waals surface area contributed by atoms with E-state index < -0.39 is 10.8 Å². The molecule has 1 aliphatic rings. The van der Waals surface area contributed by atoms with Gasteiger partial charge in [0.2, 0.25) is 0 Å². The van der Waals surface area contributed by atoms with Gasteiger partial charge in [-0.2, -0.15) is 0 Å². The fourth-order valence-corrected chi connectivity index (χ4v) is 2.30. The lowest BCUT2D eigenvalue weighted by molar-refractivity contribution is 0.666. The van der Waals surface area contributed by atoms with Gasteiger partial charge in [-0.3, -0.25) is 4.21 Å². The Bertz CT molecular complexity index is 151. The Morgan fingerprint density at radius 3 is 2.67 bits per heavy atom. The van der Waals surface area contributed by atoms with Gasteiger partial charge < -0.3 is 0 Å². The summed E-state index contributed by atoms with van der Waals surface area (Å²) in [6.07, 6.45) is 5.14. The van der Waals surface area contributed by atoms with Crippen LogP contribution >= 0.6 is 0 Å². The highest BCUT2D eigenvalue weighted by molar-refractivity contribution is 7.86. The molecule has 0 spiro atoms. The van der Waals surface area contributed by atoms with E-state index in [1.807, 2.05) is 19.9 Å². The number of hydrogen-bond acceptors (Lipinski definition) is 1. The fraction of sp³-hybridized carbons (Fsp3) is 0.714. The van der Waals surface area contributed by atoms with Gasteiger partial charge in [0.1, 0.15) is 0 Å². The second kappa shape index (κ2) is 2.65. The van der Waals surface area contributed by atoms with Gasteiger partial charge in [0.25, 0.3) is 0 Å². The minimum Gasteiger partial charge on any atom is -0.259 e. The van der Waals surface area contributed by atoms with Crippen LogP contribution in [0.1, 0.15) is 20.3 Å². The van der Waals surface area contributed by atoms with E-state index in [-0.39, 0.29) is 5.25 Å². The van der Waals surface area contributed by atoms with Crippen LogP contribution in [-0.2, 0) is 10.8 Å². The van der Waals surface area contributed by atoms with Gasteiger partial charge in [-0.15, -0.1) is 0 Å². The average molecular weight is 144 g/mol. The van der Waals surface area contributed by atoms with Crippen molar-refractivity contribution >= 4 is 10.8 Å². The van der Waals surface area contributed by atoms with Crippen LogP contribution in [0.4, 0.5) is 0 Å². The van der Waals surface area contributed by atoms with E-state index in [0.29, 0.717) is 5.25 Å². The van der Waals surface area contributed by atoms with Crippen molar-refractivity contribution in [2.75, 3.05) is 0 Å². The molecule has 0 saturated heterocycles. The molecule has 0 aromatic heterocycles. The quantitative estimate of drug-likeness (QED) is 0.470.